The summed E-state index contributed by atoms with van der Waals surface area (Å²) in [4.78, 5) is 23.7. The molecule has 0 aromatic carbocycles. The molecule has 3 aromatic heterocycles. The smallest absolute Gasteiger partial charge is 0.270 e. The Morgan fingerprint density at radius 1 is 1.35 bits per heavy atom. The van der Waals surface area contributed by atoms with Crippen molar-refractivity contribution in [3.63, 3.8) is 0 Å². The van der Waals surface area contributed by atoms with E-state index in [2.05, 4.69) is 15.0 Å². The number of nitrogens with one attached hydrogen (secondary N) is 1. The van der Waals surface area contributed by atoms with Crippen LogP contribution < -0.4 is 11.3 Å². The molecular weight excluding hydrogens is 236 g/mol. The van der Waals surface area contributed by atoms with Crippen LogP contribution in [-0.4, -0.2) is 15.0 Å². The number of aryl methyl sites for hydroxylation is 2. The summed E-state index contributed by atoms with van der Waals surface area (Å²) in [7, 11) is 0. The zero-order valence-electron chi connectivity index (χ0n) is 9.37. The van der Waals surface area contributed by atoms with E-state index in [-0.39, 0.29) is 11.5 Å². The van der Waals surface area contributed by atoms with Gasteiger partial charge in [-0.15, -0.1) is 11.3 Å². The number of hydrogen-bond acceptors (Lipinski definition) is 5. The number of nitrogen functional groups attached to an aromatic ring is 1. The Hall–Kier alpha value is -1.95. The molecule has 0 unspecified atom stereocenters. The Morgan fingerprint density at radius 2 is 2.12 bits per heavy atom. The van der Waals surface area contributed by atoms with E-state index in [9.17, 15) is 4.79 Å². The van der Waals surface area contributed by atoms with Crippen LogP contribution in [0.3, 0.4) is 0 Å². The van der Waals surface area contributed by atoms with Crippen molar-refractivity contribution < 1.29 is 0 Å². The second kappa shape index (κ2) is 3.27. The maximum absolute atomic E-state index is 11.8. The van der Waals surface area contributed by atoms with Gasteiger partial charge in [0.1, 0.15) is 15.0 Å². The Kier molecular flexibility index (Phi) is 1.97. The van der Waals surface area contributed by atoms with E-state index in [4.69, 9.17) is 5.73 Å². The monoisotopic (exact) mass is 246 g/mol. The highest BCUT2D eigenvalue weighted by molar-refractivity contribution is 7.25. The summed E-state index contributed by atoms with van der Waals surface area (Å²) >= 11 is 1.35. The average Bonchev–Trinajstić information content (AvgIpc) is 2.56. The lowest BCUT2D eigenvalue weighted by molar-refractivity contribution is 1.20. The molecule has 0 spiro atoms. The van der Waals surface area contributed by atoms with Gasteiger partial charge in [-0.05, 0) is 25.5 Å². The Morgan fingerprint density at radius 3 is 2.88 bits per heavy atom. The van der Waals surface area contributed by atoms with Gasteiger partial charge in [0, 0.05) is 11.1 Å². The molecule has 0 saturated heterocycles. The van der Waals surface area contributed by atoms with Gasteiger partial charge in [-0.1, -0.05) is 0 Å². The number of aromatic nitrogens is 3. The van der Waals surface area contributed by atoms with Crippen molar-refractivity contribution in [2.24, 2.45) is 0 Å². The maximum Gasteiger partial charge on any atom is 0.270 e. The Labute approximate surface area is 100 Å². The molecule has 86 valence electrons. The third-order valence-corrected chi connectivity index (χ3v) is 3.71. The van der Waals surface area contributed by atoms with Gasteiger partial charge in [-0.2, -0.15) is 0 Å². The van der Waals surface area contributed by atoms with Crippen molar-refractivity contribution in [2.75, 3.05) is 5.73 Å². The van der Waals surface area contributed by atoms with E-state index in [1.807, 2.05) is 19.9 Å². The van der Waals surface area contributed by atoms with Crippen LogP contribution in [0.5, 0.6) is 0 Å². The summed E-state index contributed by atoms with van der Waals surface area (Å²) in [5.74, 6) is 0.141. The van der Waals surface area contributed by atoms with E-state index < -0.39 is 0 Å². The highest BCUT2D eigenvalue weighted by atomic mass is 32.1. The molecule has 3 aromatic rings. The van der Waals surface area contributed by atoms with Gasteiger partial charge in [0.25, 0.3) is 5.56 Å². The fraction of sp³-hybridized carbons (Fsp3) is 0.182. The molecule has 0 aliphatic heterocycles. The standard InChI is InChI=1S/C11H10N4OS/c1-4-3-5(2)13-10-6(4)7-8(17-10)9(16)15-11(12)14-7/h3H,1-2H3,(H3,12,14,15,16). The number of hydrogen-bond donors (Lipinski definition) is 2. The van der Waals surface area contributed by atoms with E-state index >= 15 is 0 Å². The van der Waals surface area contributed by atoms with Gasteiger partial charge in [0.05, 0.1) is 0 Å². The molecule has 0 saturated carbocycles. The first-order valence-corrected chi connectivity index (χ1v) is 5.94. The minimum atomic E-state index is -0.201. The highest BCUT2D eigenvalue weighted by Gasteiger charge is 2.13. The van der Waals surface area contributed by atoms with Crippen molar-refractivity contribution in [3.05, 3.63) is 27.7 Å². The molecule has 0 atom stereocenters. The zero-order valence-corrected chi connectivity index (χ0v) is 10.2. The number of anilines is 1. The topological polar surface area (TPSA) is 84.7 Å². The summed E-state index contributed by atoms with van der Waals surface area (Å²) < 4.78 is 0.579. The minimum Gasteiger partial charge on any atom is -0.369 e. The largest absolute Gasteiger partial charge is 0.369 e. The number of nitrogens with two attached hydrogens (primary N) is 1. The summed E-state index contributed by atoms with van der Waals surface area (Å²) in [6.45, 7) is 3.92. The summed E-state index contributed by atoms with van der Waals surface area (Å²) in [5.41, 5.74) is 8.02. The van der Waals surface area contributed by atoms with Gasteiger partial charge in [-0.3, -0.25) is 9.78 Å². The predicted octanol–water partition coefficient (Wildman–Crippen LogP) is 1.73. The van der Waals surface area contributed by atoms with Crippen LogP contribution in [0.1, 0.15) is 11.3 Å². The van der Waals surface area contributed by atoms with Gasteiger partial charge in [0.2, 0.25) is 5.95 Å². The number of thiophene rings is 1. The van der Waals surface area contributed by atoms with E-state index in [1.54, 1.807) is 0 Å². The number of aromatic amines is 1. The third-order valence-electron chi connectivity index (χ3n) is 2.64. The normalized spacial score (nSPS) is 11.4. The quantitative estimate of drug-likeness (QED) is 0.632. The highest BCUT2D eigenvalue weighted by Crippen LogP contribution is 2.31. The fourth-order valence-electron chi connectivity index (χ4n) is 2.01. The lowest BCUT2D eigenvalue weighted by Gasteiger charge is -1.98. The summed E-state index contributed by atoms with van der Waals surface area (Å²) in [5, 5.41) is 0.924. The van der Waals surface area contributed by atoms with E-state index in [0.717, 1.165) is 21.5 Å². The van der Waals surface area contributed by atoms with Crippen molar-refractivity contribution in [3.8, 4) is 0 Å². The molecule has 5 nitrogen and oxygen atoms in total. The molecule has 6 heteroatoms. The van der Waals surface area contributed by atoms with Gasteiger partial charge >= 0.3 is 0 Å². The zero-order chi connectivity index (χ0) is 12.2. The second-order valence-corrected chi connectivity index (χ2v) is 4.99. The molecule has 3 heterocycles. The molecule has 0 amide bonds. The number of pyridine rings is 1. The molecule has 0 fully saturated rings. The van der Waals surface area contributed by atoms with Crippen molar-refractivity contribution in [1.29, 1.82) is 0 Å². The molecule has 3 N–H and O–H groups in total. The minimum absolute atomic E-state index is 0.141. The van der Waals surface area contributed by atoms with Crippen LogP contribution in [0.15, 0.2) is 10.9 Å². The Bertz CT molecular complexity index is 802. The number of nitrogens with zero attached hydrogens (tertiary/aromatic N) is 2. The van der Waals surface area contributed by atoms with Crippen molar-refractivity contribution in [2.45, 2.75) is 13.8 Å². The van der Waals surface area contributed by atoms with Crippen LogP contribution in [0.2, 0.25) is 0 Å². The number of fused-ring (bicyclic) bond motifs is 3. The van der Waals surface area contributed by atoms with Crippen LogP contribution in [0.25, 0.3) is 20.4 Å². The summed E-state index contributed by atoms with van der Waals surface area (Å²) in [6, 6.07) is 1.98. The van der Waals surface area contributed by atoms with Gasteiger partial charge in [-0.25, -0.2) is 9.97 Å². The van der Waals surface area contributed by atoms with Gasteiger partial charge in [0.15, 0.2) is 0 Å². The Balaban J connectivity index is 2.65. The van der Waals surface area contributed by atoms with Gasteiger partial charge < -0.3 is 5.73 Å². The molecule has 0 aliphatic carbocycles. The first-order valence-electron chi connectivity index (χ1n) is 5.12. The molecular formula is C11H10N4OS. The lowest BCUT2D eigenvalue weighted by Crippen LogP contribution is -2.09. The maximum atomic E-state index is 11.8. The van der Waals surface area contributed by atoms with E-state index in [0.29, 0.717) is 10.2 Å². The van der Waals surface area contributed by atoms with Crippen LogP contribution in [0, 0.1) is 13.8 Å². The van der Waals surface area contributed by atoms with Crippen LogP contribution in [0.4, 0.5) is 5.95 Å². The molecule has 0 aliphatic rings. The first kappa shape index (κ1) is 10.2. The molecule has 0 bridgehead atoms. The van der Waals surface area contributed by atoms with Crippen LogP contribution >= 0.6 is 11.3 Å². The number of rotatable bonds is 0. The molecule has 3 rings (SSSR count). The lowest BCUT2D eigenvalue weighted by atomic mass is 10.1. The van der Waals surface area contributed by atoms with Crippen LogP contribution in [-0.2, 0) is 0 Å². The summed E-state index contributed by atoms with van der Waals surface area (Å²) in [6.07, 6.45) is 0. The fourth-order valence-corrected chi connectivity index (χ4v) is 3.14. The molecule has 0 radical (unpaired) electrons. The SMILES string of the molecule is Cc1cc(C)c2c(n1)sc1c(=O)[nH]c(N)nc12. The second-order valence-electron chi connectivity index (χ2n) is 3.99. The predicted molar refractivity (Wildman–Crippen MR) is 69.4 cm³/mol. The molecule has 17 heavy (non-hydrogen) atoms. The average molecular weight is 246 g/mol. The van der Waals surface area contributed by atoms with E-state index in [1.165, 1.54) is 11.3 Å². The van der Waals surface area contributed by atoms with Crippen molar-refractivity contribution in [1.82, 2.24) is 15.0 Å². The first-order chi connectivity index (χ1) is 8.06. The third kappa shape index (κ3) is 1.41. The van der Waals surface area contributed by atoms with Crippen molar-refractivity contribution >= 4 is 37.7 Å². The number of H-pyrrole nitrogens is 1.